The number of hydrogen-bond acceptors (Lipinski definition) is 8. The zero-order valence-electron chi connectivity index (χ0n) is 32.0. The molecular weight excluding hydrogens is 840 g/mol. The van der Waals surface area contributed by atoms with Crippen molar-refractivity contribution in [2.24, 2.45) is 5.73 Å². The number of pyridine rings is 1. The van der Waals surface area contributed by atoms with Gasteiger partial charge in [-0.15, -0.1) is 0 Å². The summed E-state index contributed by atoms with van der Waals surface area (Å²) >= 11 is 6.70. The first kappa shape index (κ1) is 43.6. The highest BCUT2D eigenvalue weighted by Gasteiger charge is 2.34. The number of amides is 7. The predicted octanol–water partition coefficient (Wildman–Crippen LogP) is 4.99. The Morgan fingerprint density at radius 2 is 1.55 bits per heavy atom. The van der Waals surface area contributed by atoms with Crippen LogP contribution in [-0.4, -0.2) is 118 Å². The quantitative estimate of drug-likeness (QED) is 0.173. The van der Waals surface area contributed by atoms with Crippen molar-refractivity contribution in [2.75, 3.05) is 39.8 Å². The van der Waals surface area contributed by atoms with Gasteiger partial charge in [-0.05, 0) is 139 Å². The molecule has 0 bridgehead atoms. The number of nitrogens with zero attached hydrogens (tertiary/aromatic N) is 4. The average molecular weight is 895 g/mol. The Bertz CT molecular complexity index is 1620. The molecule has 2 saturated heterocycles. The van der Waals surface area contributed by atoms with E-state index >= 15 is 0 Å². The first-order chi connectivity index (χ1) is 26.0. The third-order valence-corrected chi connectivity index (χ3v) is 11.2. The molecule has 302 valence electrons. The third-order valence-electron chi connectivity index (χ3n) is 9.96. The zero-order valence-corrected chi connectivity index (χ0v) is 35.2. The monoisotopic (exact) mass is 892 g/mol. The molecule has 0 unspecified atom stereocenters. The second-order valence-electron chi connectivity index (χ2n) is 15.1. The van der Waals surface area contributed by atoms with Crippen LogP contribution in [0.4, 0.5) is 14.4 Å². The van der Waals surface area contributed by atoms with Gasteiger partial charge in [0.1, 0.15) is 23.4 Å². The van der Waals surface area contributed by atoms with Gasteiger partial charge in [0.15, 0.2) is 0 Å². The van der Waals surface area contributed by atoms with Gasteiger partial charge >= 0.3 is 18.2 Å². The Morgan fingerprint density at radius 1 is 0.945 bits per heavy atom. The van der Waals surface area contributed by atoms with E-state index in [0.717, 1.165) is 12.8 Å². The van der Waals surface area contributed by atoms with E-state index in [2.05, 4.69) is 52.8 Å². The average Bonchev–Trinajstić information content (AvgIpc) is 3.15. The van der Waals surface area contributed by atoms with Gasteiger partial charge in [0.05, 0.1) is 8.95 Å². The summed E-state index contributed by atoms with van der Waals surface area (Å²) in [5.74, 6) is -0.447. The van der Waals surface area contributed by atoms with E-state index in [1.165, 1.54) is 10.5 Å². The second kappa shape index (κ2) is 20.2. The molecule has 2 aromatic rings. The molecule has 1 aromatic heterocycles. The van der Waals surface area contributed by atoms with Crippen molar-refractivity contribution in [3.63, 3.8) is 0 Å². The molecule has 6 N–H and O–H groups in total. The molecule has 0 saturated carbocycles. The standard InChI is InChI=1S/C38H54Br2N8O7/c1-38(2,3)55-37(54)43-14-6-5-7-30(34(51)47-17-10-26(11-18-47)25-8-15-42-16-9-25)44-33(50)31(23-24-21-28(39)32(49)29(40)22-24)45-36(53)48-19-12-27(13-20-48)46(4)35(41)52/h8-9,15-16,21-22,26-27,30-31,49H,5-7,10-14,17-20,23H2,1-4H3,(H2,41,52)(H,43,54)(H,44,50)(H,45,53)/t30-,31+/m0/s1. The fourth-order valence-electron chi connectivity index (χ4n) is 6.85. The Labute approximate surface area is 339 Å². The number of urea groups is 2. The van der Waals surface area contributed by atoms with E-state index in [0.29, 0.717) is 85.3 Å². The molecule has 1 aromatic carbocycles. The summed E-state index contributed by atoms with van der Waals surface area (Å²) in [5.41, 5.74) is 6.65. The number of alkyl carbamates (subject to hydrolysis) is 1. The van der Waals surface area contributed by atoms with Gasteiger partial charge in [-0.2, -0.15) is 0 Å². The number of benzene rings is 1. The highest BCUT2D eigenvalue weighted by Crippen LogP contribution is 2.34. The molecule has 2 aliphatic rings. The zero-order chi connectivity index (χ0) is 40.3. The van der Waals surface area contributed by atoms with Gasteiger partial charge < -0.3 is 46.2 Å². The molecular formula is C38H54Br2N8O7. The number of aromatic hydroxyl groups is 1. The summed E-state index contributed by atoms with van der Waals surface area (Å²) in [6.07, 6.45) is 7.03. The normalized spacial score (nSPS) is 16.5. The molecule has 2 atom stereocenters. The number of nitrogens with two attached hydrogens (primary N) is 1. The van der Waals surface area contributed by atoms with Crippen LogP contribution in [0.1, 0.15) is 82.8 Å². The van der Waals surface area contributed by atoms with Crippen molar-refractivity contribution < 1.29 is 33.8 Å². The van der Waals surface area contributed by atoms with Crippen LogP contribution in [0.3, 0.4) is 0 Å². The molecule has 7 amide bonds. The highest BCUT2D eigenvalue weighted by atomic mass is 79.9. The Kier molecular flexibility index (Phi) is 16.0. The lowest BCUT2D eigenvalue weighted by Gasteiger charge is -2.37. The minimum Gasteiger partial charge on any atom is -0.506 e. The number of phenols is 1. The summed E-state index contributed by atoms with van der Waals surface area (Å²) in [5, 5.41) is 18.9. The van der Waals surface area contributed by atoms with E-state index in [9.17, 15) is 29.1 Å². The van der Waals surface area contributed by atoms with Crippen LogP contribution >= 0.6 is 31.9 Å². The van der Waals surface area contributed by atoms with Crippen molar-refractivity contribution in [1.82, 2.24) is 35.6 Å². The lowest BCUT2D eigenvalue weighted by molar-refractivity contribution is -0.138. The summed E-state index contributed by atoms with van der Waals surface area (Å²) in [6, 6.07) is 4.28. The first-order valence-electron chi connectivity index (χ1n) is 18.7. The lowest BCUT2D eigenvalue weighted by atomic mass is 9.89. The second-order valence-corrected chi connectivity index (χ2v) is 16.9. The smallest absolute Gasteiger partial charge is 0.407 e. The molecule has 0 spiro atoms. The molecule has 2 fully saturated rings. The maximum absolute atomic E-state index is 14.2. The number of aromatic nitrogens is 1. The third kappa shape index (κ3) is 13.3. The van der Waals surface area contributed by atoms with Crippen molar-refractivity contribution in [1.29, 1.82) is 0 Å². The Hall–Kier alpha value is -4.12. The van der Waals surface area contributed by atoms with Gasteiger partial charge in [-0.3, -0.25) is 14.6 Å². The largest absolute Gasteiger partial charge is 0.506 e. The van der Waals surface area contributed by atoms with Crippen LogP contribution < -0.4 is 21.7 Å². The summed E-state index contributed by atoms with van der Waals surface area (Å²) in [6.45, 7) is 7.44. The molecule has 0 aliphatic carbocycles. The summed E-state index contributed by atoms with van der Waals surface area (Å²) in [7, 11) is 1.63. The maximum atomic E-state index is 14.2. The summed E-state index contributed by atoms with van der Waals surface area (Å²) < 4.78 is 6.14. The van der Waals surface area contributed by atoms with Gasteiger partial charge in [0.2, 0.25) is 11.8 Å². The van der Waals surface area contributed by atoms with Crippen molar-refractivity contribution >= 4 is 61.8 Å². The van der Waals surface area contributed by atoms with Crippen LogP contribution in [0.15, 0.2) is 45.6 Å². The molecule has 15 nitrogen and oxygen atoms in total. The van der Waals surface area contributed by atoms with Crippen LogP contribution in [0, 0.1) is 0 Å². The van der Waals surface area contributed by atoms with Crippen molar-refractivity contribution in [3.05, 3.63) is 56.7 Å². The van der Waals surface area contributed by atoms with Crippen molar-refractivity contribution in [2.45, 2.75) is 102 Å². The number of primary amides is 1. The molecule has 4 rings (SSSR count). The van der Waals surface area contributed by atoms with E-state index < -0.39 is 41.7 Å². The molecule has 55 heavy (non-hydrogen) atoms. The minimum atomic E-state index is -1.08. The lowest BCUT2D eigenvalue weighted by Crippen LogP contribution is -2.58. The van der Waals surface area contributed by atoms with E-state index in [1.807, 2.05) is 12.1 Å². The van der Waals surface area contributed by atoms with Gasteiger partial charge in [0.25, 0.3) is 0 Å². The number of rotatable bonds is 13. The van der Waals surface area contributed by atoms with E-state index in [4.69, 9.17) is 10.5 Å². The van der Waals surface area contributed by atoms with Crippen LogP contribution in [0.2, 0.25) is 0 Å². The number of hydrogen-bond donors (Lipinski definition) is 5. The fraction of sp³-hybridized carbons (Fsp3) is 0.579. The highest BCUT2D eigenvalue weighted by molar-refractivity contribution is 9.11. The van der Waals surface area contributed by atoms with Crippen LogP contribution in [-0.2, 0) is 20.7 Å². The Balaban J connectivity index is 1.49. The topological polar surface area (TPSA) is 200 Å². The number of ether oxygens (including phenoxy) is 1. The number of unbranched alkanes of at least 4 members (excludes halogenated alkanes) is 1. The number of piperidine rings is 2. The number of halogens is 2. The Morgan fingerprint density at radius 3 is 2.13 bits per heavy atom. The number of likely N-dealkylation sites (tertiary alicyclic amines) is 2. The fourth-order valence-corrected chi connectivity index (χ4v) is 8.14. The number of carbonyl (C=O) groups excluding carboxylic acids is 5. The van der Waals surface area contributed by atoms with Crippen molar-refractivity contribution in [3.8, 4) is 5.75 Å². The maximum Gasteiger partial charge on any atom is 0.407 e. The molecule has 2 aliphatic heterocycles. The predicted molar refractivity (Wildman–Crippen MR) is 214 cm³/mol. The van der Waals surface area contributed by atoms with Crippen LogP contribution in [0.25, 0.3) is 0 Å². The number of carbonyl (C=O) groups is 5. The van der Waals surface area contributed by atoms with E-state index in [1.54, 1.807) is 62.1 Å². The first-order valence-corrected chi connectivity index (χ1v) is 20.3. The van der Waals surface area contributed by atoms with Crippen LogP contribution in [0.5, 0.6) is 5.75 Å². The van der Waals surface area contributed by atoms with Gasteiger partial charge in [-0.25, -0.2) is 14.4 Å². The molecule has 0 radical (unpaired) electrons. The summed E-state index contributed by atoms with van der Waals surface area (Å²) in [4.78, 5) is 74.9. The number of nitrogens with one attached hydrogen (secondary N) is 3. The van der Waals surface area contributed by atoms with E-state index in [-0.39, 0.29) is 24.1 Å². The molecule has 17 heteroatoms. The van der Waals surface area contributed by atoms with Gasteiger partial charge in [0, 0.05) is 64.6 Å². The number of phenolic OH excluding ortho intramolecular Hbond substituents is 1. The molecule has 3 heterocycles. The van der Waals surface area contributed by atoms with Gasteiger partial charge in [-0.1, -0.05) is 0 Å². The minimum absolute atomic E-state index is 0.00268. The SMILES string of the molecule is CN(C(N)=O)C1CCN(C(=O)N[C@H](Cc2cc(Br)c(O)c(Br)c2)C(=O)N[C@@H](CCCCNC(=O)OC(C)(C)C)C(=O)N2CCC(c3ccncc3)CC2)CC1.